The second kappa shape index (κ2) is 3.51. The van der Waals surface area contributed by atoms with Gasteiger partial charge in [0, 0.05) is 13.1 Å². The van der Waals surface area contributed by atoms with Crippen molar-refractivity contribution in [3.05, 3.63) is 34.9 Å². The van der Waals surface area contributed by atoms with Crippen molar-refractivity contribution in [2.45, 2.75) is 33.4 Å². The van der Waals surface area contributed by atoms with Gasteiger partial charge in [-0.05, 0) is 29.7 Å². The molecule has 0 saturated carbocycles. The molecule has 1 aromatic carbocycles. The molecule has 0 radical (unpaired) electrons. The van der Waals surface area contributed by atoms with Crippen LogP contribution in [0.5, 0.6) is 0 Å². The monoisotopic (exact) mass is 175 g/mol. The summed E-state index contributed by atoms with van der Waals surface area (Å²) in [5.41, 5.74) is 4.67. The Morgan fingerprint density at radius 3 is 2.77 bits per heavy atom. The molecule has 1 aliphatic rings. The zero-order valence-electron chi connectivity index (χ0n) is 8.51. The Kier molecular flexibility index (Phi) is 2.36. The SMILES string of the molecule is CCc1cccc2c1CN(CC)C2. The van der Waals surface area contributed by atoms with Crippen molar-refractivity contribution >= 4 is 0 Å². The van der Waals surface area contributed by atoms with Gasteiger partial charge in [-0.2, -0.15) is 0 Å². The van der Waals surface area contributed by atoms with Crippen LogP contribution in [0.2, 0.25) is 0 Å². The minimum Gasteiger partial charge on any atom is -0.295 e. The molecule has 0 aromatic heterocycles. The molecule has 0 aliphatic carbocycles. The minimum absolute atomic E-state index is 1.15. The van der Waals surface area contributed by atoms with E-state index in [1.54, 1.807) is 11.1 Å². The highest BCUT2D eigenvalue weighted by molar-refractivity contribution is 5.37. The van der Waals surface area contributed by atoms with Crippen LogP contribution in [0.4, 0.5) is 0 Å². The van der Waals surface area contributed by atoms with E-state index in [1.165, 1.54) is 12.0 Å². The van der Waals surface area contributed by atoms with Gasteiger partial charge in [-0.25, -0.2) is 0 Å². The fourth-order valence-corrected chi connectivity index (χ4v) is 2.11. The molecule has 0 bridgehead atoms. The molecule has 0 saturated heterocycles. The van der Waals surface area contributed by atoms with Crippen LogP contribution in [-0.2, 0) is 19.5 Å². The Labute approximate surface area is 80.4 Å². The molecule has 0 N–H and O–H groups in total. The smallest absolute Gasteiger partial charge is 0.0243 e. The number of benzene rings is 1. The summed E-state index contributed by atoms with van der Waals surface area (Å²) in [6.45, 7) is 7.95. The molecular weight excluding hydrogens is 158 g/mol. The lowest BCUT2D eigenvalue weighted by Crippen LogP contribution is -2.14. The van der Waals surface area contributed by atoms with Gasteiger partial charge in [-0.1, -0.05) is 32.0 Å². The fourth-order valence-electron chi connectivity index (χ4n) is 2.11. The van der Waals surface area contributed by atoms with E-state index in [9.17, 15) is 0 Å². The molecule has 0 atom stereocenters. The van der Waals surface area contributed by atoms with E-state index in [4.69, 9.17) is 0 Å². The van der Waals surface area contributed by atoms with Crippen LogP contribution in [0.15, 0.2) is 18.2 Å². The van der Waals surface area contributed by atoms with Gasteiger partial charge < -0.3 is 0 Å². The van der Waals surface area contributed by atoms with Crippen LogP contribution in [0, 0.1) is 0 Å². The maximum Gasteiger partial charge on any atom is 0.0243 e. The summed E-state index contributed by atoms with van der Waals surface area (Å²) in [6.07, 6.45) is 1.17. The van der Waals surface area contributed by atoms with Gasteiger partial charge in [-0.15, -0.1) is 0 Å². The molecule has 0 amide bonds. The Hall–Kier alpha value is -0.820. The molecule has 0 fully saturated rings. The third kappa shape index (κ3) is 1.49. The molecule has 1 heterocycles. The van der Waals surface area contributed by atoms with Gasteiger partial charge in [0.05, 0.1) is 0 Å². The third-order valence-electron chi connectivity index (χ3n) is 2.97. The summed E-state index contributed by atoms with van der Waals surface area (Å²) in [5.74, 6) is 0. The van der Waals surface area contributed by atoms with E-state index in [0.29, 0.717) is 0 Å². The molecule has 70 valence electrons. The minimum atomic E-state index is 1.15. The van der Waals surface area contributed by atoms with E-state index < -0.39 is 0 Å². The van der Waals surface area contributed by atoms with Crippen molar-refractivity contribution in [2.75, 3.05) is 6.54 Å². The van der Waals surface area contributed by atoms with Crippen LogP contribution in [-0.4, -0.2) is 11.4 Å². The van der Waals surface area contributed by atoms with Gasteiger partial charge in [0.1, 0.15) is 0 Å². The first-order valence-corrected chi connectivity index (χ1v) is 5.17. The first-order valence-electron chi connectivity index (χ1n) is 5.17. The van der Waals surface area contributed by atoms with Gasteiger partial charge in [0.15, 0.2) is 0 Å². The Morgan fingerprint density at radius 2 is 2.08 bits per heavy atom. The Bertz CT molecular complexity index is 304. The predicted octanol–water partition coefficient (Wildman–Crippen LogP) is 2.58. The molecule has 13 heavy (non-hydrogen) atoms. The first-order chi connectivity index (χ1) is 6.35. The standard InChI is InChI=1S/C12H17N/c1-3-10-6-5-7-11-8-13(4-2)9-12(10)11/h5-7H,3-4,8-9H2,1-2H3. The zero-order chi connectivity index (χ0) is 9.26. The number of hydrogen-bond donors (Lipinski definition) is 0. The Morgan fingerprint density at radius 1 is 1.23 bits per heavy atom. The predicted molar refractivity (Wildman–Crippen MR) is 55.6 cm³/mol. The van der Waals surface area contributed by atoms with Crippen molar-refractivity contribution in [2.24, 2.45) is 0 Å². The van der Waals surface area contributed by atoms with Crippen molar-refractivity contribution in [3.8, 4) is 0 Å². The topological polar surface area (TPSA) is 3.24 Å². The molecule has 2 rings (SSSR count). The number of hydrogen-bond acceptors (Lipinski definition) is 1. The van der Waals surface area contributed by atoms with Crippen LogP contribution in [0.1, 0.15) is 30.5 Å². The highest BCUT2D eigenvalue weighted by Gasteiger charge is 2.18. The highest BCUT2D eigenvalue weighted by atomic mass is 15.1. The average molecular weight is 175 g/mol. The first kappa shape index (κ1) is 8.76. The van der Waals surface area contributed by atoms with Gasteiger partial charge in [0.2, 0.25) is 0 Å². The van der Waals surface area contributed by atoms with E-state index in [1.807, 2.05) is 0 Å². The average Bonchev–Trinajstić information content (AvgIpc) is 2.59. The molecular formula is C12H17N. The van der Waals surface area contributed by atoms with Crippen LogP contribution in [0.25, 0.3) is 0 Å². The molecule has 0 spiro atoms. The second-order valence-corrected chi connectivity index (χ2v) is 3.71. The van der Waals surface area contributed by atoms with E-state index in [2.05, 4.69) is 36.9 Å². The summed E-state index contributed by atoms with van der Waals surface area (Å²) in [6, 6.07) is 6.72. The van der Waals surface area contributed by atoms with Crippen LogP contribution < -0.4 is 0 Å². The maximum absolute atomic E-state index is 2.49. The number of rotatable bonds is 2. The summed E-state index contributed by atoms with van der Waals surface area (Å²) in [5, 5.41) is 0. The van der Waals surface area contributed by atoms with Gasteiger partial charge in [-0.3, -0.25) is 4.90 Å². The second-order valence-electron chi connectivity index (χ2n) is 3.71. The largest absolute Gasteiger partial charge is 0.295 e. The van der Waals surface area contributed by atoms with Crippen LogP contribution in [0.3, 0.4) is 0 Å². The molecule has 1 aromatic rings. The Balaban J connectivity index is 2.33. The molecule has 1 aliphatic heterocycles. The fraction of sp³-hybridized carbons (Fsp3) is 0.500. The molecule has 0 unspecified atom stereocenters. The molecule has 1 heteroatoms. The van der Waals surface area contributed by atoms with Gasteiger partial charge in [0.25, 0.3) is 0 Å². The zero-order valence-corrected chi connectivity index (χ0v) is 8.51. The number of aryl methyl sites for hydroxylation is 1. The maximum atomic E-state index is 2.49. The van der Waals surface area contributed by atoms with Crippen molar-refractivity contribution in [1.29, 1.82) is 0 Å². The lowest BCUT2D eigenvalue weighted by molar-refractivity contribution is 0.300. The van der Waals surface area contributed by atoms with Crippen molar-refractivity contribution < 1.29 is 0 Å². The lowest BCUT2D eigenvalue weighted by Gasteiger charge is -2.10. The van der Waals surface area contributed by atoms with Crippen LogP contribution >= 0.6 is 0 Å². The van der Waals surface area contributed by atoms with E-state index >= 15 is 0 Å². The number of fused-ring (bicyclic) bond motifs is 1. The number of nitrogens with zero attached hydrogens (tertiary/aromatic N) is 1. The quantitative estimate of drug-likeness (QED) is 0.667. The summed E-state index contributed by atoms with van der Waals surface area (Å²) in [4.78, 5) is 2.49. The van der Waals surface area contributed by atoms with E-state index in [-0.39, 0.29) is 0 Å². The van der Waals surface area contributed by atoms with Gasteiger partial charge >= 0.3 is 0 Å². The van der Waals surface area contributed by atoms with E-state index in [0.717, 1.165) is 19.6 Å². The summed E-state index contributed by atoms with van der Waals surface area (Å²) in [7, 11) is 0. The van der Waals surface area contributed by atoms with Crippen molar-refractivity contribution in [3.63, 3.8) is 0 Å². The molecule has 1 nitrogen and oxygen atoms in total. The summed E-state index contributed by atoms with van der Waals surface area (Å²) < 4.78 is 0. The highest BCUT2D eigenvalue weighted by Crippen LogP contribution is 2.25. The normalized spacial score (nSPS) is 16.2. The summed E-state index contributed by atoms with van der Waals surface area (Å²) >= 11 is 0. The third-order valence-corrected chi connectivity index (χ3v) is 2.97. The van der Waals surface area contributed by atoms with Crippen molar-refractivity contribution in [1.82, 2.24) is 4.90 Å². The lowest BCUT2D eigenvalue weighted by atomic mass is 10.0.